The Balaban J connectivity index is 1.95. The second kappa shape index (κ2) is 5.05. The Bertz CT molecular complexity index is 534. The van der Waals surface area contributed by atoms with Gasteiger partial charge < -0.3 is 25.4 Å². The molecule has 0 spiro atoms. The van der Waals surface area contributed by atoms with Crippen LogP contribution in [0.15, 0.2) is 18.2 Å². The average molecular weight is 277 g/mol. The van der Waals surface area contributed by atoms with E-state index in [0.717, 1.165) is 23.5 Å². The van der Waals surface area contributed by atoms with E-state index in [4.69, 9.17) is 10.5 Å². The number of nitrogens with two attached hydrogens (primary N) is 1. The van der Waals surface area contributed by atoms with Gasteiger partial charge in [-0.1, -0.05) is 6.07 Å². The number of benzene rings is 1. The van der Waals surface area contributed by atoms with Gasteiger partial charge in [0.15, 0.2) is 0 Å². The minimum absolute atomic E-state index is 0.0436. The maximum Gasteiger partial charge on any atom is 0.248 e. The van der Waals surface area contributed by atoms with Crippen LogP contribution >= 0.6 is 0 Å². The van der Waals surface area contributed by atoms with Crippen molar-refractivity contribution in [3.05, 3.63) is 23.8 Å². The molecule has 1 fully saturated rings. The Hall–Kier alpha value is -1.63. The van der Waals surface area contributed by atoms with Crippen LogP contribution in [0.4, 0.5) is 11.4 Å². The van der Waals surface area contributed by atoms with Crippen LogP contribution in [0.1, 0.15) is 11.6 Å². The van der Waals surface area contributed by atoms with Crippen LogP contribution < -0.4 is 15.5 Å². The highest BCUT2D eigenvalue weighted by molar-refractivity contribution is 6.04. The fourth-order valence-electron chi connectivity index (χ4n) is 2.87. The number of fused-ring (bicyclic) bond motifs is 1. The summed E-state index contributed by atoms with van der Waals surface area (Å²) in [6.07, 6.45) is 0. The van der Waals surface area contributed by atoms with E-state index in [1.54, 1.807) is 11.9 Å². The molecule has 2 aliphatic heterocycles. The number of carbonyl (C=O) groups is 1. The molecule has 0 aliphatic carbocycles. The van der Waals surface area contributed by atoms with Gasteiger partial charge in [0.25, 0.3) is 0 Å². The summed E-state index contributed by atoms with van der Waals surface area (Å²) >= 11 is 0. The van der Waals surface area contributed by atoms with Gasteiger partial charge in [-0.15, -0.1) is 0 Å². The summed E-state index contributed by atoms with van der Waals surface area (Å²) in [6, 6.07) is 5.22. The van der Waals surface area contributed by atoms with Crippen LogP contribution in [0, 0.1) is 0 Å². The fourth-order valence-corrected chi connectivity index (χ4v) is 2.87. The van der Waals surface area contributed by atoms with Gasteiger partial charge in [-0.05, 0) is 12.1 Å². The van der Waals surface area contributed by atoms with Gasteiger partial charge in [0.05, 0.1) is 31.5 Å². The van der Waals surface area contributed by atoms with Crippen molar-refractivity contribution < 1.29 is 14.6 Å². The first kappa shape index (κ1) is 13.4. The third-order valence-electron chi connectivity index (χ3n) is 4.08. The van der Waals surface area contributed by atoms with Crippen molar-refractivity contribution in [1.29, 1.82) is 0 Å². The Labute approximate surface area is 117 Å². The van der Waals surface area contributed by atoms with Crippen molar-refractivity contribution in [2.45, 2.75) is 12.1 Å². The quantitative estimate of drug-likeness (QED) is 0.786. The molecule has 2 unspecified atom stereocenters. The first-order valence-electron chi connectivity index (χ1n) is 6.76. The number of nitrogens with zero attached hydrogens (tertiary/aromatic N) is 2. The molecule has 0 saturated carbocycles. The van der Waals surface area contributed by atoms with Crippen molar-refractivity contribution in [3.63, 3.8) is 0 Å². The van der Waals surface area contributed by atoms with Gasteiger partial charge in [0.1, 0.15) is 6.04 Å². The lowest BCUT2D eigenvalue weighted by molar-refractivity contribution is -0.118. The normalized spacial score (nSPS) is 26.1. The number of amides is 1. The predicted octanol–water partition coefficient (Wildman–Crippen LogP) is -0.140. The standard InChI is InChI=1S/C14H19N3O3/c1-16-12-6-9(2-3-11(12)13(15)14(16)19)17-4-5-20-8-10(17)7-18/h2-3,6,10,13,18H,4-5,7-8,15H2,1H3. The summed E-state index contributed by atoms with van der Waals surface area (Å²) in [5.74, 6) is -0.0853. The lowest BCUT2D eigenvalue weighted by atomic mass is 10.1. The third-order valence-corrected chi connectivity index (χ3v) is 4.08. The zero-order valence-electron chi connectivity index (χ0n) is 11.5. The van der Waals surface area contributed by atoms with E-state index in [0.29, 0.717) is 13.2 Å². The monoisotopic (exact) mass is 277 g/mol. The number of morpholine rings is 1. The highest BCUT2D eigenvalue weighted by atomic mass is 16.5. The molecule has 1 amide bonds. The minimum atomic E-state index is -0.567. The van der Waals surface area contributed by atoms with Gasteiger partial charge in [0, 0.05) is 24.8 Å². The SMILES string of the molecule is CN1C(=O)C(N)c2ccc(N3CCOCC3CO)cc21. The van der Waals surface area contributed by atoms with Crippen LogP contribution in [-0.4, -0.2) is 50.5 Å². The molecule has 108 valence electrons. The number of anilines is 2. The molecular weight excluding hydrogens is 258 g/mol. The van der Waals surface area contributed by atoms with E-state index >= 15 is 0 Å². The molecule has 20 heavy (non-hydrogen) atoms. The zero-order chi connectivity index (χ0) is 14.3. The predicted molar refractivity (Wildman–Crippen MR) is 75.8 cm³/mol. The lowest BCUT2D eigenvalue weighted by Crippen LogP contribution is -2.47. The van der Waals surface area contributed by atoms with Crippen molar-refractivity contribution in [3.8, 4) is 0 Å². The lowest BCUT2D eigenvalue weighted by Gasteiger charge is -2.36. The van der Waals surface area contributed by atoms with Crippen LogP contribution in [0.2, 0.25) is 0 Å². The largest absolute Gasteiger partial charge is 0.394 e. The molecule has 2 aliphatic rings. The number of carbonyl (C=O) groups excluding carboxylic acids is 1. The van der Waals surface area contributed by atoms with Gasteiger partial charge >= 0.3 is 0 Å². The molecule has 1 aromatic carbocycles. The maximum atomic E-state index is 11.9. The molecule has 6 heteroatoms. The average Bonchev–Trinajstić information content (AvgIpc) is 2.71. The van der Waals surface area contributed by atoms with Crippen LogP contribution in [-0.2, 0) is 9.53 Å². The molecule has 3 rings (SSSR count). The van der Waals surface area contributed by atoms with Crippen molar-refractivity contribution in [1.82, 2.24) is 0 Å². The van der Waals surface area contributed by atoms with Crippen molar-refractivity contribution in [2.75, 3.05) is 43.2 Å². The highest BCUT2D eigenvalue weighted by Crippen LogP contribution is 2.36. The molecule has 2 atom stereocenters. The van der Waals surface area contributed by atoms with E-state index in [1.165, 1.54) is 0 Å². The van der Waals surface area contributed by atoms with Gasteiger partial charge in [-0.25, -0.2) is 0 Å². The number of hydrogen-bond donors (Lipinski definition) is 2. The number of aliphatic hydroxyl groups is 1. The fraction of sp³-hybridized carbons (Fsp3) is 0.500. The smallest absolute Gasteiger partial charge is 0.248 e. The molecule has 0 aromatic heterocycles. The highest BCUT2D eigenvalue weighted by Gasteiger charge is 2.33. The molecule has 3 N–H and O–H groups in total. The summed E-state index contributed by atoms with van der Waals surface area (Å²) < 4.78 is 5.39. The number of aliphatic hydroxyl groups excluding tert-OH is 1. The Morgan fingerprint density at radius 1 is 1.50 bits per heavy atom. The van der Waals surface area contributed by atoms with E-state index < -0.39 is 6.04 Å². The Kier molecular flexibility index (Phi) is 3.37. The number of rotatable bonds is 2. The van der Waals surface area contributed by atoms with Crippen molar-refractivity contribution in [2.24, 2.45) is 5.73 Å². The summed E-state index contributed by atoms with van der Waals surface area (Å²) in [5.41, 5.74) is 8.59. The molecule has 2 heterocycles. The molecule has 1 aromatic rings. The number of hydrogen-bond acceptors (Lipinski definition) is 5. The number of likely N-dealkylation sites (N-methyl/N-ethyl adjacent to an activating group) is 1. The van der Waals surface area contributed by atoms with Gasteiger partial charge in [-0.3, -0.25) is 4.79 Å². The maximum absolute atomic E-state index is 11.9. The Morgan fingerprint density at radius 2 is 2.30 bits per heavy atom. The molecule has 0 radical (unpaired) electrons. The molecular formula is C14H19N3O3. The zero-order valence-corrected chi connectivity index (χ0v) is 11.5. The van der Waals surface area contributed by atoms with Crippen molar-refractivity contribution >= 4 is 17.3 Å². The molecule has 0 bridgehead atoms. The van der Waals surface area contributed by atoms with E-state index in [1.807, 2.05) is 18.2 Å². The second-order valence-electron chi connectivity index (χ2n) is 5.22. The molecule has 1 saturated heterocycles. The topological polar surface area (TPSA) is 79.0 Å². The van der Waals surface area contributed by atoms with E-state index in [2.05, 4.69) is 4.90 Å². The van der Waals surface area contributed by atoms with Gasteiger partial charge in [-0.2, -0.15) is 0 Å². The summed E-state index contributed by atoms with van der Waals surface area (Å²) in [7, 11) is 1.74. The Morgan fingerprint density at radius 3 is 3.05 bits per heavy atom. The third kappa shape index (κ3) is 1.96. The van der Waals surface area contributed by atoms with Crippen LogP contribution in [0.3, 0.4) is 0 Å². The second-order valence-corrected chi connectivity index (χ2v) is 5.22. The molecule has 6 nitrogen and oxygen atoms in total. The van der Waals surface area contributed by atoms with E-state index in [-0.39, 0.29) is 18.6 Å². The first-order chi connectivity index (χ1) is 9.63. The summed E-state index contributed by atoms with van der Waals surface area (Å²) in [6.45, 7) is 1.93. The minimum Gasteiger partial charge on any atom is -0.394 e. The number of ether oxygens (including phenoxy) is 1. The van der Waals surface area contributed by atoms with E-state index in [9.17, 15) is 9.90 Å². The van der Waals surface area contributed by atoms with Crippen LogP contribution in [0.25, 0.3) is 0 Å². The summed E-state index contributed by atoms with van der Waals surface area (Å²) in [4.78, 5) is 15.6. The summed E-state index contributed by atoms with van der Waals surface area (Å²) in [5, 5.41) is 9.45. The first-order valence-corrected chi connectivity index (χ1v) is 6.76. The van der Waals surface area contributed by atoms with Crippen LogP contribution in [0.5, 0.6) is 0 Å². The van der Waals surface area contributed by atoms with Gasteiger partial charge in [0.2, 0.25) is 5.91 Å².